The van der Waals surface area contributed by atoms with Crippen molar-refractivity contribution in [3.63, 3.8) is 0 Å². The monoisotopic (exact) mass is 161 g/mol. The molecule has 0 bridgehead atoms. The first kappa shape index (κ1) is 7.72. The smallest absolute Gasteiger partial charge is 0.250 e. The lowest BCUT2D eigenvalue weighted by molar-refractivity contribution is -0.115. The van der Waals surface area contributed by atoms with E-state index in [1.54, 1.807) is 0 Å². The molecule has 3 nitrogen and oxygen atoms in total. The van der Waals surface area contributed by atoms with Gasteiger partial charge >= 0.3 is 0 Å². The average molecular weight is 161 g/mol. The van der Waals surface area contributed by atoms with Gasteiger partial charge in [-0.2, -0.15) is 4.36 Å². The van der Waals surface area contributed by atoms with Gasteiger partial charge in [-0.3, -0.25) is 4.79 Å². The summed E-state index contributed by atoms with van der Waals surface area (Å²) in [5.41, 5.74) is 0. The second kappa shape index (κ2) is 2.70. The molecular weight excluding hydrogens is 150 g/mol. The Morgan fingerprint density at radius 3 is 2.30 bits per heavy atom. The normalized spacial score (nSPS) is 22.5. The molecule has 0 spiro atoms. The summed E-state index contributed by atoms with van der Waals surface area (Å²) in [5.74, 6) is 0.936. The molecule has 0 saturated carbocycles. The zero-order chi connectivity index (χ0) is 7.61. The highest BCUT2D eigenvalue weighted by atomic mass is 32.2. The molecule has 0 aromatic carbocycles. The number of hydrogen-bond donors (Lipinski definition) is 0. The SMILES string of the molecule is CC(=O)N=S1(=O)CCCC1. The largest absolute Gasteiger partial charge is 0.272 e. The molecule has 0 aromatic heterocycles. The van der Waals surface area contributed by atoms with Crippen LogP contribution in [0.15, 0.2) is 4.36 Å². The fourth-order valence-electron chi connectivity index (χ4n) is 1.08. The predicted molar refractivity (Wildman–Crippen MR) is 40.2 cm³/mol. The molecule has 1 heterocycles. The minimum Gasteiger partial charge on any atom is -0.272 e. The highest BCUT2D eigenvalue weighted by Gasteiger charge is 2.16. The Morgan fingerprint density at radius 2 is 1.90 bits per heavy atom. The zero-order valence-electron chi connectivity index (χ0n) is 6.00. The van der Waals surface area contributed by atoms with Crippen molar-refractivity contribution in [2.45, 2.75) is 19.8 Å². The van der Waals surface area contributed by atoms with Crippen LogP contribution < -0.4 is 0 Å². The number of amides is 1. The van der Waals surface area contributed by atoms with E-state index in [4.69, 9.17) is 0 Å². The molecule has 1 amide bonds. The number of carbonyl (C=O) groups excluding carboxylic acids is 1. The first-order valence-electron chi connectivity index (χ1n) is 3.35. The number of rotatable bonds is 0. The zero-order valence-corrected chi connectivity index (χ0v) is 6.82. The summed E-state index contributed by atoms with van der Waals surface area (Å²) in [7, 11) is -2.08. The molecule has 0 atom stereocenters. The van der Waals surface area contributed by atoms with E-state index in [2.05, 4.69) is 4.36 Å². The Balaban J connectivity index is 2.87. The van der Waals surface area contributed by atoms with Crippen LogP contribution in [-0.4, -0.2) is 21.6 Å². The summed E-state index contributed by atoms with van der Waals surface area (Å²) in [6.07, 6.45) is 1.91. The number of hydrogen-bond acceptors (Lipinski definition) is 2. The molecule has 0 aliphatic carbocycles. The van der Waals surface area contributed by atoms with E-state index in [1.165, 1.54) is 6.92 Å². The van der Waals surface area contributed by atoms with E-state index >= 15 is 0 Å². The van der Waals surface area contributed by atoms with E-state index in [0.717, 1.165) is 12.8 Å². The van der Waals surface area contributed by atoms with Crippen molar-refractivity contribution in [3.8, 4) is 0 Å². The van der Waals surface area contributed by atoms with Crippen molar-refractivity contribution in [2.75, 3.05) is 11.5 Å². The van der Waals surface area contributed by atoms with Gasteiger partial charge in [0.25, 0.3) is 5.91 Å². The lowest BCUT2D eigenvalue weighted by Gasteiger charge is -1.94. The second-order valence-electron chi connectivity index (χ2n) is 2.50. The average Bonchev–Trinajstić information content (AvgIpc) is 2.12. The molecule has 58 valence electrons. The minimum atomic E-state index is -2.08. The highest BCUT2D eigenvalue weighted by Crippen LogP contribution is 2.12. The first-order valence-corrected chi connectivity index (χ1v) is 5.21. The molecule has 1 aliphatic heterocycles. The molecule has 1 rings (SSSR count). The molecule has 1 aliphatic rings. The van der Waals surface area contributed by atoms with Crippen molar-refractivity contribution < 1.29 is 9.00 Å². The Kier molecular flexibility index (Phi) is 2.08. The number of nitrogens with zero attached hydrogens (tertiary/aromatic N) is 1. The third kappa shape index (κ3) is 1.80. The highest BCUT2D eigenvalue weighted by molar-refractivity contribution is 7.94. The fourth-order valence-corrected chi connectivity index (χ4v) is 3.25. The fraction of sp³-hybridized carbons (Fsp3) is 0.833. The van der Waals surface area contributed by atoms with Crippen molar-refractivity contribution >= 4 is 15.6 Å². The lowest BCUT2D eigenvalue weighted by Crippen LogP contribution is -2.03. The van der Waals surface area contributed by atoms with E-state index < -0.39 is 9.73 Å². The van der Waals surface area contributed by atoms with E-state index in [0.29, 0.717) is 11.5 Å². The van der Waals surface area contributed by atoms with Gasteiger partial charge < -0.3 is 0 Å². The van der Waals surface area contributed by atoms with Crippen LogP contribution in [0, 0.1) is 0 Å². The standard InChI is InChI=1S/C6H11NO2S/c1-6(8)7-10(9)4-2-3-5-10/h2-5H2,1H3. The third-order valence-electron chi connectivity index (χ3n) is 1.47. The molecule has 0 N–H and O–H groups in total. The molecule has 0 unspecified atom stereocenters. The third-order valence-corrected chi connectivity index (χ3v) is 3.91. The van der Waals surface area contributed by atoms with Gasteiger partial charge in [0, 0.05) is 18.4 Å². The van der Waals surface area contributed by atoms with Crippen LogP contribution in [-0.2, 0) is 14.5 Å². The van der Waals surface area contributed by atoms with Gasteiger partial charge in [0.1, 0.15) is 0 Å². The minimum absolute atomic E-state index is 0.299. The maximum absolute atomic E-state index is 11.4. The molecule has 0 aromatic rings. The Morgan fingerprint density at radius 1 is 1.40 bits per heavy atom. The van der Waals surface area contributed by atoms with Crippen molar-refractivity contribution in [1.29, 1.82) is 0 Å². The maximum Gasteiger partial charge on any atom is 0.250 e. The van der Waals surface area contributed by atoms with Crippen LogP contribution in [0.25, 0.3) is 0 Å². The van der Waals surface area contributed by atoms with E-state index in [1.807, 2.05) is 0 Å². The molecule has 0 radical (unpaired) electrons. The van der Waals surface area contributed by atoms with Crippen LogP contribution in [0.4, 0.5) is 0 Å². The van der Waals surface area contributed by atoms with E-state index in [9.17, 15) is 9.00 Å². The summed E-state index contributed by atoms with van der Waals surface area (Å²) < 4.78 is 15.0. The van der Waals surface area contributed by atoms with E-state index in [-0.39, 0.29) is 5.91 Å². The number of carbonyl (C=O) groups is 1. The molecule has 1 saturated heterocycles. The quantitative estimate of drug-likeness (QED) is 0.527. The predicted octanol–water partition coefficient (Wildman–Crippen LogP) is 0.795. The topological polar surface area (TPSA) is 46.5 Å². The molecule has 10 heavy (non-hydrogen) atoms. The van der Waals surface area contributed by atoms with Crippen LogP contribution in [0.2, 0.25) is 0 Å². The maximum atomic E-state index is 11.4. The van der Waals surface area contributed by atoms with Gasteiger partial charge in [0.15, 0.2) is 0 Å². The Hall–Kier alpha value is -0.380. The molecule has 4 heteroatoms. The van der Waals surface area contributed by atoms with Crippen molar-refractivity contribution in [3.05, 3.63) is 0 Å². The van der Waals surface area contributed by atoms with Gasteiger partial charge in [-0.1, -0.05) is 0 Å². The summed E-state index contributed by atoms with van der Waals surface area (Å²) in [4.78, 5) is 10.5. The van der Waals surface area contributed by atoms with Crippen LogP contribution >= 0.6 is 0 Å². The van der Waals surface area contributed by atoms with Crippen molar-refractivity contribution in [2.24, 2.45) is 4.36 Å². The Bertz CT molecular complexity index is 238. The van der Waals surface area contributed by atoms with Gasteiger partial charge in [0.2, 0.25) is 0 Å². The van der Waals surface area contributed by atoms with Gasteiger partial charge in [-0.05, 0) is 12.8 Å². The van der Waals surface area contributed by atoms with Gasteiger partial charge in [-0.25, -0.2) is 4.21 Å². The molecule has 1 fully saturated rings. The van der Waals surface area contributed by atoms with Crippen LogP contribution in [0.3, 0.4) is 0 Å². The van der Waals surface area contributed by atoms with Crippen LogP contribution in [0.5, 0.6) is 0 Å². The van der Waals surface area contributed by atoms with Crippen LogP contribution in [0.1, 0.15) is 19.8 Å². The summed E-state index contributed by atoms with van der Waals surface area (Å²) in [6.45, 7) is 1.35. The summed E-state index contributed by atoms with van der Waals surface area (Å²) in [5, 5.41) is 0. The van der Waals surface area contributed by atoms with Gasteiger partial charge in [0.05, 0.1) is 9.73 Å². The van der Waals surface area contributed by atoms with Gasteiger partial charge in [-0.15, -0.1) is 0 Å². The summed E-state index contributed by atoms with van der Waals surface area (Å²) >= 11 is 0. The lowest BCUT2D eigenvalue weighted by atomic mass is 10.4. The Labute approximate surface area is 61.0 Å². The second-order valence-corrected chi connectivity index (χ2v) is 5.04. The molecular formula is C6H11NO2S. The van der Waals surface area contributed by atoms with Crippen molar-refractivity contribution in [1.82, 2.24) is 0 Å². The first-order chi connectivity index (χ1) is 4.62. The summed E-state index contributed by atoms with van der Waals surface area (Å²) in [6, 6.07) is 0.